The van der Waals surface area contributed by atoms with E-state index in [1.807, 2.05) is 33.7 Å². The number of anilines is 3. The lowest BCUT2D eigenvalue weighted by Gasteiger charge is -2.44. The summed E-state index contributed by atoms with van der Waals surface area (Å²) in [6, 6.07) is 20.9. The monoisotopic (exact) mass is 592 g/mol. The van der Waals surface area contributed by atoms with Crippen molar-refractivity contribution in [1.82, 2.24) is 14.5 Å². The molecule has 2 saturated heterocycles. The van der Waals surface area contributed by atoms with E-state index in [0.717, 1.165) is 30.0 Å². The fraction of sp³-hybridized carbons (Fsp3) is 0.294. The number of hydrogen-bond donors (Lipinski definition) is 1. The number of benzene rings is 2. The molecule has 9 nitrogen and oxygen atoms in total. The largest absolute Gasteiger partial charge is 0.369 e. The fourth-order valence-corrected chi connectivity index (χ4v) is 6.83. The van der Waals surface area contributed by atoms with Gasteiger partial charge in [-0.05, 0) is 73.0 Å². The van der Waals surface area contributed by atoms with Gasteiger partial charge in [0.1, 0.15) is 5.82 Å². The number of piperidine rings is 1. The Morgan fingerprint density at radius 3 is 2.43 bits per heavy atom. The van der Waals surface area contributed by atoms with Crippen LogP contribution in [0.15, 0.2) is 90.0 Å². The summed E-state index contributed by atoms with van der Waals surface area (Å²) in [6.45, 7) is 4.45. The molecule has 0 unspecified atom stereocenters. The standard InChI is InChI=1S/C34H33FN6O3/c35-27-7-9-28(10-8-27)38-13-15-39(16-14-38)34(44)24-6-11-31(29(18-24)37-33(43)25-3-2-12-36-19-25)40-20-23-17-26(22-40)30-4-1-5-32(42)41(30)21-23/h1-12,18-19,23,26H,13-17,20-22H2,(H,37,43)/t23-,26+/m1/s1. The highest BCUT2D eigenvalue weighted by molar-refractivity contribution is 6.07. The van der Waals surface area contributed by atoms with Gasteiger partial charge in [0.25, 0.3) is 17.4 Å². The molecule has 3 aliphatic heterocycles. The number of fused-ring (bicyclic) bond motifs is 4. The Bertz CT molecular complexity index is 1750. The van der Waals surface area contributed by atoms with E-state index >= 15 is 0 Å². The van der Waals surface area contributed by atoms with Crippen LogP contribution < -0.4 is 20.7 Å². The van der Waals surface area contributed by atoms with E-state index in [-0.39, 0.29) is 29.1 Å². The number of nitrogens with zero attached hydrogens (tertiary/aromatic N) is 5. The first kappa shape index (κ1) is 27.8. The van der Waals surface area contributed by atoms with E-state index in [2.05, 4.69) is 20.1 Å². The fourth-order valence-electron chi connectivity index (χ4n) is 6.83. The maximum absolute atomic E-state index is 13.7. The maximum atomic E-state index is 13.7. The SMILES string of the molecule is O=C(Nc1cc(C(=O)N2CCN(c3ccc(F)cc3)CC2)ccc1N1C[C@H]2C[C@@H](C1)c1cccc(=O)n1C2)c1cccnc1. The van der Waals surface area contributed by atoms with Gasteiger partial charge < -0.3 is 24.6 Å². The van der Waals surface area contributed by atoms with Gasteiger partial charge in [-0.1, -0.05) is 6.07 Å². The summed E-state index contributed by atoms with van der Waals surface area (Å²) < 4.78 is 15.3. The minimum atomic E-state index is -0.300. The van der Waals surface area contributed by atoms with Crippen LogP contribution >= 0.6 is 0 Å². The minimum Gasteiger partial charge on any atom is -0.369 e. The zero-order valence-corrected chi connectivity index (χ0v) is 24.2. The Balaban J connectivity index is 1.14. The zero-order chi connectivity index (χ0) is 30.2. The minimum absolute atomic E-state index is 0.0384. The van der Waals surface area contributed by atoms with Gasteiger partial charge in [-0.2, -0.15) is 0 Å². The summed E-state index contributed by atoms with van der Waals surface area (Å²) in [5.74, 6) is -0.189. The first-order valence-corrected chi connectivity index (χ1v) is 15.0. The number of aromatic nitrogens is 2. The number of piperazine rings is 1. The van der Waals surface area contributed by atoms with Crippen LogP contribution in [0.25, 0.3) is 0 Å². The first-order chi connectivity index (χ1) is 21.4. The number of nitrogens with one attached hydrogen (secondary N) is 1. The number of pyridine rings is 2. The molecule has 2 amide bonds. The van der Waals surface area contributed by atoms with E-state index in [9.17, 15) is 18.8 Å². The van der Waals surface area contributed by atoms with Crippen molar-refractivity contribution in [3.8, 4) is 0 Å². The second-order valence-corrected chi connectivity index (χ2v) is 11.8. The van der Waals surface area contributed by atoms with E-state index in [4.69, 9.17) is 0 Å². The molecule has 7 rings (SSSR count). The lowest BCUT2D eigenvalue weighted by Crippen LogP contribution is -2.49. The highest BCUT2D eigenvalue weighted by atomic mass is 19.1. The molecule has 0 radical (unpaired) electrons. The quantitative estimate of drug-likeness (QED) is 0.373. The first-order valence-electron chi connectivity index (χ1n) is 15.0. The Morgan fingerprint density at radius 1 is 0.841 bits per heavy atom. The van der Waals surface area contributed by atoms with E-state index in [1.54, 1.807) is 42.6 Å². The number of carbonyl (C=O) groups is 2. The van der Waals surface area contributed by atoms with Crippen LogP contribution in [0.4, 0.5) is 21.5 Å². The molecular weight excluding hydrogens is 559 g/mol. The maximum Gasteiger partial charge on any atom is 0.257 e. The highest BCUT2D eigenvalue weighted by Gasteiger charge is 2.35. The van der Waals surface area contributed by atoms with Gasteiger partial charge in [0.2, 0.25) is 0 Å². The van der Waals surface area contributed by atoms with Crippen LogP contribution in [0.5, 0.6) is 0 Å². The average Bonchev–Trinajstić information content (AvgIpc) is 3.06. The third-order valence-corrected chi connectivity index (χ3v) is 8.99. The highest BCUT2D eigenvalue weighted by Crippen LogP contribution is 2.39. The van der Waals surface area contributed by atoms with Crippen molar-refractivity contribution < 1.29 is 14.0 Å². The summed E-state index contributed by atoms with van der Waals surface area (Å²) >= 11 is 0. The average molecular weight is 593 g/mol. The molecule has 3 aliphatic rings. The van der Waals surface area contributed by atoms with Crippen molar-refractivity contribution in [2.45, 2.75) is 18.9 Å². The molecule has 224 valence electrons. The lowest BCUT2D eigenvalue weighted by molar-refractivity contribution is 0.0746. The van der Waals surface area contributed by atoms with Gasteiger partial charge in [0.05, 0.1) is 16.9 Å². The van der Waals surface area contributed by atoms with Crippen LogP contribution in [0, 0.1) is 11.7 Å². The molecule has 0 aliphatic carbocycles. The topological polar surface area (TPSA) is 90.8 Å². The molecular formula is C34H33FN6O3. The van der Waals surface area contributed by atoms with Gasteiger partial charge in [0, 0.05) is 87.1 Å². The van der Waals surface area contributed by atoms with Crippen LogP contribution in [0.3, 0.4) is 0 Å². The van der Waals surface area contributed by atoms with E-state index < -0.39 is 0 Å². The van der Waals surface area contributed by atoms with Crippen molar-refractivity contribution in [1.29, 1.82) is 0 Å². The van der Waals surface area contributed by atoms with Crippen LogP contribution in [0.2, 0.25) is 0 Å². The van der Waals surface area contributed by atoms with Gasteiger partial charge in [0.15, 0.2) is 0 Å². The molecule has 1 N–H and O–H groups in total. The van der Waals surface area contributed by atoms with Crippen molar-refractivity contribution in [3.05, 3.63) is 118 Å². The third-order valence-electron chi connectivity index (χ3n) is 8.99. The molecule has 2 aromatic carbocycles. The van der Waals surface area contributed by atoms with E-state index in [1.165, 1.54) is 18.3 Å². The summed E-state index contributed by atoms with van der Waals surface area (Å²) in [7, 11) is 0. The number of carbonyl (C=O) groups excluding carboxylic acids is 2. The van der Waals surface area contributed by atoms with Crippen LogP contribution in [-0.2, 0) is 6.54 Å². The summed E-state index contributed by atoms with van der Waals surface area (Å²) in [6.07, 6.45) is 4.15. The van der Waals surface area contributed by atoms with Crippen molar-refractivity contribution in [2.75, 3.05) is 54.4 Å². The third kappa shape index (κ3) is 5.43. The molecule has 4 aromatic rings. The molecule has 10 heteroatoms. The molecule has 2 fully saturated rings. The predicted molar refractivity (Wildman–Crippen MR) is 167 cm³/mol. The normalized spacial score (nSPS) is 19.3. The van der Waals surface area contributed by atoms with Crippen molar-refractivity contribution in [2.24, 2.45) is 5.92 Å². The number of rotatable bonds is 5. The molecule has 0 spiro atoms. The van der Waals surface area contributed by atoms with Gasteiger partial charge in [-0.25, -0.2) is 4.39 Å². The van der Waals surface area contributed by atoms with E-state index in [0.29, 0.717) is 62.0 Å². The number of hydrogen-bond acceptors (Lipinski definition) is 6. The molecule has 2 bridgehead atoms. The number of amides is 2. The zero-order valence-electron chi connectivity index (χ0n) is 24.2. The smallest absolute Gasteiger partial charge is 0.257 e. The number of halogens is 1. The lowest BCUT2D eigenvalue weighted by atomic mass is 9.83. The Hall–Kier alpha value is -4.99. The second kappa shape index (κ2) is 11.6. The summed E-state index contributed by atoms with van der Waals surface area (Å²) in [4.78, 5) is 49.8. The predicted octanol–water partition coefficient (Wildman–Crippen LogP) is 4.22. The summed E-state index contributed by atoms with van der Waals surface area (Å²) in [5, 5.41) is 3.06. The van der Waals surface area contributed by atoms with Crippen molar-refractivity contribution >= 4 is 28.9 Å². The molecule has 2 aromatic heterocycles. The van der Waals surface area contributed by atoms with Gasteiger partial charge in [-0.3, -0.25) is 19.4 Å². The Kier molecular flexibility index (Phi) is 7.33. The van der Waals surface area contributed by atoms with Crippen LogP contribution in [0.1, 0.15) is 38.7 Å². The van der Waals surface area contributed by atoms with Crippen molar-refractivity contribution in [3.63, 3.8) is 0 Å². The molecule has 44 heavy (non-hydrogen) atoms. The Labute approximate surface area is 254 Å². The molecule has 0 saturated carbocycles. The Morgan fingerprint density at radius 2 is 1.66 bits per heavy atom. The molecule has 2 atom stereocenters. The summed E-state index contributed by atoms with van der Waals surface area (Å²) in [5.41, 5.74) is 4.36. The van der Waals surface area contributed by atoms with Gasteiger partial charge in [-0.15, -0.1) is 0 Å². The second-order valence-electron chi connectivity index (χ2n) is 11.8. The van der Waals surface area contributed by atoms with Crippen LogP contribution in [-0.4, -0.2) is 65.5 Å². The van der Waals surface area contributed by atoms with Gasteiger partial charge >= 0.3 is 0 Å². The molecule has 5 heterocycles.